The molecular weight excluding hydrogens is 324 g/mol. The molecule has 1 aromatic carbocycles. The summed E-state index contributed by atoms with van der Waals surface area (Å²) in [5, 5.41) is 1.62. The van der Waals surface area contributed by atoms with Gasteiger partial charge in [0, 0.05) is 6.42 Å². The second-order valence-corrected chi connectivity index (χ2v) is 6.17. The van der Waals surface area contributed by atoms with Crippen molar-refractivity contribution >= 4 is 12.1 Å². The number of amides is 1. The van der Waals surface area contributed by atoms with Crippen LogP contribution in [-0.4, -0.2) is 53.6 Å². The third kappa shape index (κ3) is 3.77. The Kier molecular flexibility index (Phi) is 5.55. The van der Waals surface area contributed by atoms with Crippen molar-refractivity contribution in [2.75, 3.05) is 13.2 Å². The topological polar surface area (TPSA) is 68.3 Å². The van der Waals surface area contributed by atoms with Crippen molar-refractivity contribution in [1.29, 1.82) is 0 Å². The summed E-state index contributed by atoms with van der Waals surface area (Å²) in [7, 11) is 0. The molecule has 2 heterocycles. The first-order chi connectivity index (χ1) is 12.1. The van der Waals surface area contributed by atoms with E-state index in [2.05, 4.69) is 0 Å². The van der Waals surface area contributed by atoms with Crippen molar-refractivity contribution in [2.24, 2.45) is 0 Å². The van der Waals surface area contributed by atoms with E-state index in [9.17, 15) is 9.59 Å². The van der Waals surface area contributed by atoms with Gasteiger partial charge in [0.25, 0.3) is 0 Å². The van der Waals surface area contributed by atoms with E-state index in [0.29, 0.717) is 26.2 Å². The summed E-state index contributed by atoms with van der Waals surface area (Å²) in [6.45, 7) is 4.89. The molecule has 3 atom stereocenters. The van der Waals surface area contributed by atoms with Gasteiger partial charge in [0.15, 0.2) is 6.23 Å². The van der Waals surface area contributed by atoms with E-state index in [0.717, 1.165) is 12.0 Å². The molecule has 0 bridgehead atoms. The van der Waals surface area contributed by atoms with Crippen molar-refractivity contribution in [3.8, 4) is 0 Å². The standard InChI is InChI=1S/C18H24N2O5/c1-3-14-12-24-18(22)20(14)16-10-15(17(21)23-4-2)19(25-16)11-13-8-6-5-7-9-13/h5-9,14-16H,3-4,10-12H2,1-2H3/t14-,15?,16?/m1/s1. The highest BCUT2D eigenvalue weighted by Gasteiger charge is 2.47. The Morgan fingerprint density at radius 3 is 2.72 bits per heavy atom. The lowest BCUT2D eigenvalue weighted by Gasteiger charge is -2.26. The Hall–Kier alpha value is -2.12. The number of cyclic esters (lactones) is 1. The molecular formula is C18H24N2O5. The van der Waals surface area contributed by atoms with Gasteiger partial charge in [0.05, 0.1) is 19.2 Å². The maximum atomic E-state index is 12.4. The Bertz CT molecular complexity index is 609. The maximum Gasteiger partial charge on any atom is 0.412 e. The minimum atomic E-state index is -0.545. The van der Waals surface area contributed by atoms with Gasteiger partial charge in [-0.15, -0.1) is 0 Å². The lowest BCUT2D eigenvalue weighted by atomic mass is 10.1. The fourth-order valence-electron chi connectivity index (χ4n) is 3.25. The molecule has 7 nitrogen and oxygen atoms in total. The van der Waals surface area contributed by atoms with Crippen LogP contribution in [0.15, 0.2) is 30.3 Å². The zero-order valence-electron chi connectivity index (χ0n) is 14.6. The van der Waals surface area contributed by atoms with Crippen LogP contribution in [-0.2, 0) is 25.7 Å². The molecule has 0 aromatic heterocycles. The van der Waals surface area contributed by atoms with Crippen LogP contribution >= 0.6 is 0 Å². The molecule has 1 aromatic rings. The molecule has 2 aliphatic rings. The Balaban J connectivity index is 1.77. The average Bonchev–Trinajstić information content (AvgIpc) is 3.19. The molecule has 3 rings (SSSR count). The number of hydroxylamine groups is 2. The third-order valence-corrected chi connectivity index (χ3v) is 4.55. The molecule has 0 spiro atoms. The molecule has 2 saturated heterocycles. The maximum absolute atomic E-state index is 12.4. The highest BCUT2D eigenvalue weighted by molar-refractivity contribution is 5.76. The molecule has 2 aliphatic heterocycles. The molecule has 0 saturated carbocycles. The van der Waals surface area contributed by atoms with Crippen molar-refractivity contribution in [3.05, 3.63) is 35.9 Å². The van der Waals surface area contributed by atoms with Crippen LogP contribution in [0.4, 0.5) is 4.79 Å². The molecule has 2 unspecified atom stereocenters. The first-order valence-corrected chi connectivity index (χ1v) is 8.73. The second-order valence-electron chi connectivity index (χ2n) is 6.17. The Morgan fingerprint density at radius 1 is 1.28 bits per heavy atom. The molecule has 0 radical (unpaired) electrons. The second kappa shape index (κ2) is 7.84. The van der Waals surface area contributed by atoms with Crippen LogP contribution in [0.5, 0.6) is 0 Å². The van der Waals surface area contributed by atoms with Gasteiger partial charge in [0.1, 0.15) is 12.6 Å². The number of nitrogens with zero attached hydrogens (tertiary/aromatic N) is 2. The van der Waals surface area contributed by atoms with E-state index in [4.69, 9.17) is 14.3 Å². The van der Waals surface area contributed by atoms with Gasteiger partial charge >= 0.3 is 12.1 Å². The number of hydrogen-bond donors (Lipinski definition) is 0. The van der Waals surface area contributed by atoms with E-state index in [1.807, 2.05) is 37.3 Å². The van der Waals surface area contributed by atoms with Crippen molar-refractivity contribution in [3.63, 3.8) is 0 Å². The van der Waals surface area contributed by atoms with E-state index in [1.54, 1.807) is 16.9 Å². The summed E-state index contributed by atoms with van der Waals surface area (Å²) in [5.74, 6) is -0.332. The molecule has 2 fully saturated rings. The predicted molar refractivity (Wildman–Crippen MR) is 89.2 cm³/mol. The fourth-order valence-corrected chi connectivity index (χ4v) is 3.25. The fraction of sp³-hybridized carbons (Fsp3) is 0.556. The summed E-state index contributed by atoms with van der Waals surface area (Å²) >= 11 is 0. The number of rotatable bonds is 6. The SMILES string of the molecule is CCOC(=O)C1CC(N2C(=O)OC[C@H]2CC)ON1Cc1ccccc1. The van der Waals surface area contributed by atoms with Gasteiger partial charge in [-0.2, -0.15) is 5.06 Å². The zero-order valence-corrected chi connectivity index (χ0v) is 14.6. The van der Waals surface area contributed by atoms with Gasteiger partial charge < -0.3 is 9.47 Å². The van der Waals surface area contributed by atoms with E-state index in [-0.39, 0.29) is 18.1 Å². The van der Waals surface area contributed by atoms with Crippen molar-refractivity contribution in [2.45, 2.75) is 51.5 Å². The minimum Gasteiger partial charge on any atom is -0.465 e. The summed E-state index contributed by atoms with van der Waals surface area (Å²) in [4.78, 5) is 32.0. The van der Waals surface area contributed by atoms with Crippen LogP contribution in [0, 0.1) is 0 Å². The average molecular weight is 348 g/mol. The Labute approximate surface area is 147 Å². The van der Waals surface area contributed by atoms with Crippen LogP contribution in [0.25, 0.3) is 0 Å². The van der Waals surface area contributed by atoms with Crippen LogP contribution in [0.3, 0.4) is 0 Å². The van der Waals surface area contributed by atoms with Gasteiger partial charge in [-0.1, -0.05) is 37.3 Å². The summed E-state index contributed by atoms with van der Waals surface area (Å²) in [6.07, 6.45) is 0.241. The number of carbonyl (C=O) groups is 2. The first-order valence-electron chi connectivity index (χ1n) is 8.73. The Morgan fingerprint density at radius 2 is 2.04 bits per heavy atom. The van der Waals surface area contributed by atoms with Crippen LogP contribution in [0.2, 0.25) is 0 Å². The largest absolute Gasteiger partial charge is 0.465 e. The lowest BCUT2D eigenvalue weighted by molar-refractivity contribution is -0.206. The van der Waals surface area contributed by atoms with Crippen molar-refractivity contribution < 1.29 is 23.9 Å². The monoisotopic (exact) mass is 348 g/mol. The van der Waals surface area contributed by atoms with E-state index in [1.165, 1.54) is 0 Å². The predicted octanol–water partition coefficient (Wildman–Crippen LogP) is 2.31. The number of esters is 1. The highest BCUT2D eigenvalue weighted by Crippen LogP contribution is 2.31. The van der Waals surface area contributed by atoms with Crippen LogP contribution in [0.1, 0.15) is 32.3 Å². The van der Waals surface area contributed by atoms with Gasteiger partial charge in [-0.3, -0.25) is 14.5 Å². The smallest absolute Gasteiger partial charge is 0.412 e. The van der Waals surface area contributed by atoms with Gasteiger partial charge in [-0.25, -0.2) is 4.79 Å². The minimum absolute atomic E-state index is 0.0305. The number of carbonyl (C=O) groups excluding carboxylic acids is 2. The number of benzene rings is 1. The number of ether oxygens (including phenoxy) is 2. The summed E-state index contributed by atoms with van der Waals surface area (Å²) < 4.78 is 10.3. The molecule has 136 valence electrons. The van der Waals surface area contributed by atoms with Crippen molar-refractivity contribution in [1.82, 2.24) is 9.96 Å². The first kappa shape index (κ1) is 17.7. The molecule has 25 heavy (non-hydrogen) atoms. The lowest BCUT2D eigenvalue weighted by Crippen LogP contribution is -2.42. The van der Waals surface area contributed by atoms with Gasteiger partial charge in [-0.05, 0) is 18.9 Å². The van der Waals surface area contributed by atoms with Gasteiger partial charge in [0.2, 0.25) is 0 Å². The van der Waals surface area contributed by atoms with E-state index < -0.39 is 12.3 Å². The van der Waals surface area contributed by atoms with Crippen LogP contribution < -0.4 is 0 Å². The number of hydrogen-bond acceptors (Lipinski definition) is 6. The normalized spacial score (nSPS) is 26.7. The molecule has 0 aliphatic carbocycles. The molecule has 7 heteroatoms. The summed E-state index contributed by atoms with van der Waals surface area (Å²) in [6, 6.07) is 9.18. The highest BCUT2D eigenvalue weighted by atomic mass is 16.7. The molecule has 1 amide bonds. The van der Waals surface area contributed by atoms with E-state index >= 15 is 0 Å². The quantitative estimate of drug-likeness (QED) is 0.735. The molecule has 0 N–H and O–H groups in total. The summed E-state index contributed by atoms with van der Waals surface area (Å²) in [5.41, 5.74) is 1.02. The zero-order chi connectivity index (χ0) is 17.8. The third-order valence-electron chi connectivity index (χ3n) is 4.55.